The Morgan fingerprint density at radius 3 is 2.19 bits per heavy atom. The molecule has 0 aromatic heterocycles. The molecule has 0 bridgehead atoms. The summed E-state index contributed by atoms with van der Waals surface area (Å²) in [6, 6.07) is 0.764. The van der Waals surface area contributed by atoms with E-state index in [2.05, 4.69) is 33.0 Å². The van der Waals surface area contributed by atoms with Crippen molar-refractivity contribution in [1.82, 2.24) is 5.32 Å². The molecule has 1 heteroatoms. The average Bonchev–Trinajstić information content (AvgIpc) is 2.73. The number of nitrogens with one attached hydrogen (secondary N) is 1. The molecule has 0 heterocycles. The van der Waals surface area contributed by atoms with Crippen LogP contribution in [0.5, 0.6) is 0 Å². The molecular formula is C15H31N. The summed E-state index contributed by atoms with van der Waals surface area (Å²) in [5.74, 6) is 0.818. The van der Waals surface area contributed by atoms with Gasteiger partial charge in [0.15, 0.2) is 0 Å². The topological polar surface area (TPSA) is 12.0 Å². The van der Waals surface area contributed by atoms with E-state index in [1.807, 2.05) is 0 Å². The maximum atomic E-state index is 3.83. The minimum absolute atomic E-state index is 0.624. The van der Waals surface area contributed by atoms with Gasteiger partial charge in [0.25, 0.3) is 0 Å². The van der Waals surface area contributed by atoms with E-state index >= 15 is 0 Å². The highest BCUT2D eigenvalue weighted by molar-refractivity contribution is 4.94. The highest BCUT2D eigenvalue weighted by Gasteiger charge is 2.39. The summed E-state index contributed by atoms with van der Waals surface area (Å²) in [5, 5.41) is 3.83. The standard InChI is InChI=1S/C15H31N/c1-5-11-16-14(12-13(3)4)15(6-2)9-7-8-10-15/h13-14,16H,5-12H2,1-4H3. The van der Waals surface area contributed by atoms with Gasteiger partial charge in [-0.3, -0.25) is 0 Å². The van der Waals surface area contributed by atoms with Crippen LogP contribution in [0.1, 0.15) is 72.6 Å². The van der Waals surface area contributed by atoms with Crippen molar-refractivity contribution < 1.29 is 0 Å². The van der Waals surface area contributed by atoms with Gasteiger partial charge < -0.3 is 5.32 Å². The fourth-order valence-electron chi connectivity index (χ4n) is 3.37. The molecule has 1 rings (SSSR count). The predicted molar refractivity (Wildman–Crippen MR) is 72.7 cm³/mol. The zero-order valence-electron chi connectivity index (χ0n) is 11.8. The van der Waals surface area contributed by atoms with E-state index in [0.717, 1.165) is 12.0 Å². The molecule has 0 aliphatic heterocycles. The average molecular weight is 225 g/mol. The molecule has 1 nitrogen and oxygen atoms in total. The van der Waals surface area contributed by atoms with Crippen LogP contribution in [0.25, 0.3) is 0 Å². The van der Waals surface area contributed by atoms with Gasteiger partial charge in [0.1, 0.15) is 0 Å². The van der Waals surface area contributed by atoms with Crippen LogP contribution in [0, 0.1) is 11.3 Å². The van der Waals surface area contributed by atoms with E-state index in [1.165, 1.54) is 51.5 Å². The summed E-state index contributed by atoms with van der Waals surface area (Å²) in [5.41, 5.74) is 0.624. The van der Waals surface area contributed by atoms with E-state index in [0.29, 0.717) is 5.41 Å². The van der Waals surface area contributed by atoms with Crippen LogP contribution in [0.4, 0.5) is 0 Å². The van der Waals surface area contributed by atoms with Crippen molar-refractivity contribution in [3.63, 3.8) is 0 Å². The first-order chi connectivity index (χ1) is 7.64. The first-order valence-electron chi connectivity index (χ1n) is 7.38. The van der Waals surface area contributed by atoms with E-state index in [4.69, 9.17) is 0 Å². The first-order valence-corrected chi connectivity index (χ1v) is 7.38. The SMILES string of the molecule is CCCNC(CC(C)C)C1(CC)CCCC1. The van der Waals surface area contributed by atoms with E-state index in [9.17, 15) is 0 Å². The Labute approximate surface area is 102 Å². The highest BCUT2D eigenvalue weighted by Crippen LogP contribution is 2.45. The third-order valence-corrected chi connectivity index (χ3v) is 4.39. The van der Waals surface area contributed by atoms with Gasteiger partial charge in [0.05, 0.1) is 0 Å². The molecule has 1 atom stereocenters. The van der Waals surface area contributed by atoms with Crippen LogP contribution in [-0.4, -0.2) is 12.6 Å². The zero-order chi connectivity index (χ0) is 12.0. The molecule has 1 N–H and O–H groups in total. The van der Waals surface area contributed by atoms with Crippen molar-refractivity contribution in [1.29, 1.82) is 0 Å². The lowest BCUT2D eigenvalue weighted by Gasteiger charge is -2.39. The van der Waals surface area contributed by atoms with E-state index in [-0.39, 0.29) is 0 Å². The maximum absolute atomic E-state index is 3.83. The smallest absolute Gasteiger partial charge is 0.0126 e. The normalized spacial score (nSPS) is 21.6. The van der Waals surface area contributed by atoms with Gasteiger partial charge in [-0.2, -0.15) is 0 Å². The molecule has 0 radical (unpaired) electrons. The third kappa shape index (κ3) is 3.48. The number of hydrogen-bond donors (Lipinski definition) is 1. The Balaban J connectivity index is 2.63. The minimum atomic E-state index is 0.624. The summed E-state index contributed by atoms with van der Waals surface area (Å²) in [7, 11) is 0. The molecular weight excluding hydrogens is 194 g/mol. The van der Waals surface area contributed by atoms with Crippen molar-refractivity contribution >= 4 is 0 Å². The lowest BCUT2D eigenvalue weighted by molar-refractivity contribution is 0.164. The maximum Gasteiger partial charge on any atom is 0.0126 e. The molecule has 1 aliphatic carbocycles. The molecule has 1 saturated carbocycles. The monoisotopic (exact) mass is 225 g/mol. The van der Waals surface area contributed by atoms with Gasteiger partial charge in [-0.25, -0.2) is 0 Å². The van der Waals surface area contributed by atoms with E-state index in [1.54, 1.807) is 0 Å². The van der Waals surface area contributed by atoms with Crippen molar-refractivity contribution in [2.75, 3.05) is 6.54 Å². The second kappa shape index (κ2) is 6.64. The van der Waals surface area contributed by atoms with E-state index < -0.39 is 0 Å². The Kier molecular flexibility index (Phi) is 5.82. The lowest BCUT2D eigenvalue weighted by atomic mass is 9.73. The van der Waals surface area contributed by atoms with Gasteiger partial charge in [-0.1, -0.05) is 40.5 Å². The van der Waals surface area contributed by atoms with Crippen LogP contribution in [0.3, 0.4) is 0 Å². The Morgan fingerprint density at radius 2 is 1.75 bits per heavy atom. The second-order valence-corrected chi connectivity index (χ2v) is 6.06. The van der Waals surface area contributed by atoms with Gasteiger partial charge in [-0.05, 0) is 50.0 Å². The highest BCUT2D eigenvalue weighted by atomic mass is 14.9. The molecule has 0 amide bonds. The molecule has 0 aromatic rings. The zero-order valence-corrected chi connectivity index (χ0v) is 11.8. The third-order valence-electron chi connectivity index (χ3n) is 4.39. The van der Waals surface area contributed by atoms with Crippen LogP contribution in [-0.2, 0) is 0 Å². The van der Waals surface area contributed by atoms with Crippen LogP contribution in [0.2, 0.25) is 0 Å². The Hall–Kier alpha value is -0.0400. The minimum Gasteiger partial charge on any atom is -0.313 e. The van der Waals surface area contributed by atoms with Gasteiger partial charge in [0.2, 0.25) is 0 Å². The Bertz CT molecular complexity index is 180. The quantitative estimate of drug-likeness (QED) is 0.678. The summed E-state index contributed by atoms with van der Waals surface area (Å²) in [4.78, 5) is 0. The van der Waals surface area contributed by atoms with Crippen LogP contribution >= 0.6 is 0 Å². The molecule has 0 spiro atoms. The molecule has 0 saturated heterocycles. The fraction of sp³-hybridized carbons (Fsp3) is 1.00. The van der Waals surface area contributed by atoms with Crippen molar-refractivity contribution in [3.8, 4) is 0 Å². The summed E-state index contributed by atoms with van der Waals surface area (Å²) in [6.07, 6.45) is 9.80. The fourth-order valence-corrected chi connectivity index (χ4v) is 3.37. The molecule has 0 aromatic carbocycles. The predicted octanol–water partition coefficient (Wildman–Crippen LogP) is 4.37. The van der Waals surface area contributed by atoms with Crippen LogP contribution in [0.15, 0.2) is 0 Å². The molecule has 1 fully saturated rings. The van der Waals surface area contributed by atoms with Crippen molar-refractivity contribution in [3.05, 3.63) is 0 Å². The lowest BCUT2D eigenvalue weighted by Crippen LogP contribution is -2.44. The van der Waals surface area contributed by atoms with Gasteiger partial charge in [0, 0.05) is 6.04 Å². The summed E-state index contributed by atoms with van der Waals surface area (Å²) >= 11 is 0. The molecule has 1 aliphatic rings. The molecule has 96 valence electrons. The second-order valence-electron chi connectivity index (χ2n) is 6.06. The largest absolute Gasteiger partial charge is 0.313 e. The Morgan fingerprint density at radius 1 is 1.12 bits per heavy atom. The van der Waals surface area contributed by atoms with Crippen LogP contribution < -0.4 is 5.32 Å². The number of hydrogen-bond acceptors (Lipinski definition) is 1. The molecule has 16 heavy (non-hydrogen) atoms. The summed E-state index contributed by atoms with van der Waals surface area (Å²) < 4.78 is 0. The van der Waals surface area contributed by atoms with Gasteiger partial charge in [-0.15, -0.1) is 0 Å². The summed E-state index contributed by atoms with van der Waals surface area (Å²) in [6.45, 7) is 10.6. The number of rotatable bonds is 7. The van der Waals surface area contributed by atoms with Gasteiger partial charge >= 0.3 is 0 Å². The van der Waals surface area contributed by atoms with Crippen molar-refractivity contribution in [2.24, 2.45) is 11.3 Å². The first kappa shape index (κ1) is 14.0. The van der Waals surface area contributed by atoms with Crippen molar-refractivity contribution in [2.45, 2.75) is 78.7 Å². The molecule has 1 unspecified atom stereocenters.